The molecule has 0 aliphatic carbocycles. The monoisotopic (exact) mass is 295 g/mol. The van der Waals surface area contributed by atoms with Crippen molar-refractivity contribution in [3.8, 4) is 0 Å². The molecule has 1 fully saturated rings. The van der Waals surface area contributed by atoms with Gasteiger partial charge in [0, 0.05) is 20.2 Å². The zero-order valence-corrected chi connectivity index (χ0v) is 12.7. The molecule has 1 aromatic carbocycles. The van der Waals surface area contributed by atoms with E-state index in [1.165, 1.54) is 12.8 Å². The van der Waals surface area contributed by atoms with E-state index in [-0.39, 0.29) is 5.91 Å². The lowest BCUT2D eigenvalue weighted by Gasteiger charge is -2.23. The van der Waals surface area contributed by atoms with Crippen LogP contribution in [0, 0.1) is 0 Å². The van der Waals surface area contributed by atoms with E-state index in [2.05, 4.69) is 0 Å². The molecular formula is C16H22ClNO2. The van der Waals surface area contributed by atoms with Crippen LogP contribution in [0.5, 0.6) is 0 Å². The third kappa shape index (κ3) is 3.97. The fraction of sp³-hybridized carbons (Fsp3) is 0.562. The van der Waals surface area contributed by atoms with E-state index in [4.69, 9.17) is 16.3 Å². The molecule has 1 heterocycles. The van der Waals surface area contributed by atoms with Crippen molar-refractivity contribution in [1.82, 2.24) is 4.90 Å². The van der Waals surface area contributed by atoms with Crippen molar-refractivity contribution >= 4 is 17.5 Å². The number of benzene rings is 1. The molecule has 1 atom stereocenters. The van der Waals surface area contributed by atoms with E-state index in [0.717, 1.165) is 37.1 Å². The quantitative estimate of drug-likeness (QED) is 0.796. The molecule has 110 valence electrons. The van der Waals surface area contributed by atoms with Crippen LogP contribution in [0.15, 0.2) is 24.3 Å². The van der Waals surface area contributed by atoms with Crippen molar-refractivity contribution < 1.29 is 9.53 Å². The zero-order valence-electron chi connectivity index (χ0n) is 12.0. The molecule has 0 saturated carbocycles. The maximum absolute atomic E-state index is 12.4. The largest absolute Gasteiger partial charge is 0.380 e. The number of amides is 1. The highest BCUT2D eigenvalue weighted by Crippen LogP contribution is 2.25. The Bertz CT molecular complexity index is 425. The maximum Gasteiger partial charge on any atom is 0.245 e. The summed E-state index contributed by atoms with van der Waals surface area (Å²) in [5.74, 6) is 0.0352. The molecular weight excluding hydrogens is 274 g/mol. The number of halogens is 1. The predicted octanol–water partition coefficient (Wildman–Crippen LogP) is 3.52. The lowest BCUT2D eigenvalue weighted by atomic mass is 10.1. The molecule has 20 heavy (non-hydrogen) atoms. The van der Waals surface area contributed by atoms with Crippen LogP contribution in [-0.4, -0.2) is 31.0 Å². The average molecular weight is 296 g/mol. The third-order valence-corrected chi connectivity index (χ3v) is 4.16. The molecule has 0 bridgehead atoms. The Morgan fingerprint density at radius 2 is 1.80 bits per heavy atom. The summed E-state index contributed by atoms with van der Waals surface area (Å²) < 4.78 is 5.08. The minimum atomic E-state index is -0.579. The van der Waals surface area contributed by atoms with Crippen LogP contribution in [0.3, 0.4) is 0 Å². The number of rotatable bonds is 4. The van der Waals surface area contributed by atoms with Crippen LogP contribution in [0.25, 0.3) is 0 Å². The number of carbonyl (C=O) groups excluding carboxylic acids is 1. The summed E-state index contributed by atoms with van der Waals surface area (Å²) >= 11 is 6.35. The van der Waals surface area contributed by atoms with Crippen LogP contribution in [0.4, 0.5) is 0 Å². The SMILES string of the molecule is COCc1ccc(C(Cl)C(=O)N2CCCCCC2)cc1. The second-order valence-corrected chi connectivity index (χ2v) is 5.71. The molecule has 0 aromatic heterocycles. The highest BCUT2D eigenvalue weighted by atomic mass is 35.5. The molecule has 1 aromatic rings. The van der Waals surface area contributed by atoms with Crippen molar-refractivity contribution in [3.05, 3.63) is 35.4 Å². The number of likely N-dealkylation sites (tertiary alicyclic amines) is 1. The first kappa shape index (κ1) is 15.3. The topological polar surface area (TPSA) is 29.5 Å². The molecule has 1 amide bonds. The molecule has 1 aliphatic rings. The number of hydrogen-bond donors (Lipinski definition) is 0. The van der Waals surface area contributed by atoms with Gasteiger partial charge in [-0.15, -0.1) is 11.6 Å². The third-order valence-electron chi connectivity index (χ3n) is 3.72. The van der Waals surface area contributed by atoms with Crippen LogP contribution in [0.1, 0.15) is 42.2 Å². The van der Waals surface area contributed by atoms with E-state index in [0.29, 0.717) is 6.61 Å². The molecule has 1 saturated heterocycles. The molecule has 4 heteroatoms. The van der Waals surface area contributed by atoms with E-state index >= 15 is 0 Å². The Morgan fingerprint density at radius 3 is 2.35 bits per heavy atom. The van der Waals surface area contributed by atoms with Gasteiger partial charge in [-0.2, -0.15) is 0 Å². The van der Waals surface area contributed by atoms with Gasteiger partial charge in [0.25, 0.3) is 0 Å². The molecule has 2 rings (SSSR count). The fourth-order valence-electron chi connectivity index (χ4n) is 2.54. The first-order valence-electron chi connectivity index (χ1n) is 7.23. The number of nitrogens with zero attached hydrogens (tertiary/aromatic N) is 1. The summed E-state index contributed by atoms with van der Waals surface area (Å²) in [4.78, 5) is 14.3. The number of methoxy groups -OCH3 is 1. The van der Waals surface area contributed by atoms with Crippen LogP contribution in [-0.2, 0) is 16.1 Å². The summed E-state index contributed by atoms with van der Waals surface area (Å²) in [6, 6.07) is 7.76. The summed E-state index contributed by atoms with van der Waals surface area (Å²) in [6.45, 7) is 2.25. The summed E-state index contributed by atoms with van der Waals surface area (Å²) in [7, 11) is 1.67. The van der Waals surface area contributed by atoms with Gasteiger partial charge in [-0.3, -0.25) is 4.79 Å². The first-order valence-corrected chi connectivity index (χ1v) is 7.66. The van der Waals surface area contributed by atoms with Gasteiger partial charge in [-0.05, 0) is 24.0 Å². The van der Waals surface area contributed by atoms with Gasteiger partial charge < -0.3 is 9.64 Å². The van der Waals surface area contributed by atoms with Crippen molar-refractivity contribution in [1.29, 1.82) is 0 Å². The van der Waals surface area contributed by atoms with Crippen molar-refractivity contribution in [2.45, 2.75) is 37.7 Å². The molecule has 0 radical (unpaired) electrons. The Balaban J connectivity index is 2.01. The summed E-state index contributed by atoms with van der Waals surface area (Å²) in [5.41, 5.74) is 1.95. The Kier molecular flexibility index (Phi) is 5.86. The Morgan fingerprint density at radius 1 is 1.20 bits per heavy atom. The second kappa shape index (κ2) is 7.65. The van der Waals surface area contributed by atoms with Crippen molar-refractivity contribution in [2.24, 2.45) is 0 Å². The second-order valence-electron chi connectivity index (χ2n) is 5.28. The molecule has 0 spiro atoms. The molecule has 3 nitrogen and oxygen atoms in total. The van der Waals surface area contributed by atoms with Gasteiger partial charge in [-0.25, -0.2) is 0 Å². The van der Waals surface area contributed by atoms with E-state index in [9.17, 15) is 4.79 Å². The van der Waals surface area contributed by atoms with Gasteiger partial charge in [0.2, 0.25) is 5.91 Å². The number of alkyl halides is 1. The normalized spacial score (nSPS) is 17.6. The average Bonchev–Trinajstić information content (AvgIpc) is 2.76. The van der Waals surface area contributed by atoms with Gasteiger partial charge >= 0.3 is 0 Å². The lowest BCUT2D eigenvalue weighted by Crippen LogP contribution is -2.34. The highest BCUT2D eigenvalue weighted by molar-refractivity contribution is 6.30. The molecule has 1 aliphatic heterocycles. The van der Waals surface area contributed by atoms with Crippen LogP contribution >= 0.6 is 11.6 Å². The highest BCUT2D eigenvalue weighted by Gasteiger charge is 2.24. The number of carbonyl (C=O) groups is 1. The van der Waals surface area contributed by atoms with Crippen LogP contribution in [0.2, 0.25) is 0 Å². The number of ether oxygens (including phenoxy) is 1. The van der Waals surface area contributed by atoms with E-state index < -0.39 is 5.38 Å². The number of hydrogen-bond acceptors (Lipinski definition) is 2. The smallest absolute Gasteiger partial charge is 0.245 e. The molecule has 0 N–H and O–H groups in total. The Labute approximate surface area is 125 Å². The minimum absolute atomic E-state index is 0.0352. The molecule has 1 unspecified atom stereocenters. The van der Waals surface area contributed by atoms with Gasteiger partial charge in [-0.1, -0.05) is 37.1 Å². The fourth-order valence-corrected chi connectivity index (χ4v) is 2.83. The predicted molar refractivity (Wildman–Crippen MR) is 80.8 cm³/mol. The van der Waals surface area contributed by atoms with E-state index in [1.54, 1.807) is 7.11 Å². The van der Waals surface area contributed by atoms with Gasteiger partial charge in [0.05, 0.1) is 6.61 Å². The van der Waals surface area contributed by atoms with Gasteiger partial charge in [0.15, 0.2) is 0 Å². The minimum Gasteiger partial charge on any atom is -0.380 e. The van der Waals surface area contributed by atoms with Crippen molar-refractivity contribution in [2.75, 3.05) is 20.2 Å². The van der Waals surface area contributed by atoms with Crippen LogP contribution < -0.4 is 0 Å². The maximum atomic E-state index is 12.4. The summed E-state index contributed by atoms with van der Waals surface area (Å²) in [6.07, 6.45) is 4.59. The van der Waals surface area contributed by atoms with Gasteiger partial charge in [0.1, 0.15) is 5.38 Å². The first-order chi connectivity index (χ1) is 9.72. The standard InChI is InChI=1S/C16H22ClNO2/c1-20-12-13-6-8-14(9-7-13)15(17)16(19)18-10-4-2-3-5-11-18/h6-9,15H,2-5,10-12H2,1H3. The van der Waals surface area contributed by atoms with E-state index in [1.807, 2.05) is 29.2 Å². The lowest BCUT2D eigenvalue weighted by molar-refractivity contribution is -0.130. The van der Waals surface area contributed by atoms with Crippen molar-refractivity contribution in [3.63, 3.8) is 0 Å². The Hall–Kier alpha value is -1.06. The summed E-state index contributed by atoms with van der Waals surface area (Å²) in [5, 5.41) is -0.579. The zero-order chi connectivity index (χ0) is 14.4.